The van der Waals surface area contributed by atoms with Crippen LogP contribution in [-0.2, 0) is 9.59 Å². The lowest BCUT2D eigenvalue weighted by Gasteiger charge is -2.23. The first-order valence-electron chi connectivity index (χ1n) is 8.76. The molecule has 11 heteroatoms. The molecule has 0 radical (unpaired) electrons. The Balaban J connectivity index is 1.40. The normalized spacial score (nSPS) is 15.2. The van der Waals surface area contributed by atoms with Crippen LogP contribution in [0.25, 0.3) is 10.8 Å². The van der Waals surface area contributed by atoms with Crippen molar-refractivity contribution in [3.05, 3.63) is 63.5 Å². The maximum absolute atomic E-state index is 12.4. The van der Waals surface area contributed by atoms with E-state index in [1.165, 1.54) is 11.8 Å². The van der Waals surface area contributed by atoms with Gasteiger partial charge in [0, 0.05) is 21.7 Å². The van der Waals surface area contributed by atoms with Crippen molar-refractivity contribution in [2.24, 2.45) is 0 Å². The van der Waals surface area contributed by atoms with Gasteiger partial charge in [-0.1, -0.05) is 29.8 Å². The molecule has 1 aromatic heterocycles. The van der Waals surface area contributed by atoms with E-state index in [1.807, 2.05) is 0 Å². The minimum atomic E-state index is -0.698. The number of hydrazine groups is 1. The highest BCUT2D eigenvalue weighted by molar-refractivity contribution is 8.01. The standard InChI is InChI=1S/C19H14ClN5O4S/c20-9-5-6-13-12(7-9)21-18(28)14(30-13)8-15(26)22-25-19(29)16-10-3-1-2-4-11(10)17(27)24-23-16/h1-7,14H,8H2,(H,21,28)(H,22,26)(H,24,27)(H,25,29). The molecular weight excluding hydrogens is 430 g/mol. The number of nitrogens with zero attached hydrogens (tertiary/aromatic N) is 1. The number of anilines is 1. The molecule has 0 saturated heterocycles. The summed E-state index contributed by atoms with van der Waals surface area (Å²) in [5, 5.41) is 9.22. The van der Waals surface area contributed by atoms with Gasteiger partial charge in [-0.15, -0.1) is 11.8 Å². The number of carbonyl (C=O) groups is 3. The smallest absolute Gasteiger partial charge is 0.290 e. The summed E-state index contributed by atoms with van der Waals surface area (Å²) in [5.74, 6) is -1.58. The Morgan fingerprint density at radius 2 is 1.87 bits per heavy atom. The summed E-state index contributed by atoms with van der Waals surface area (Å²) >= 11 is 7.16. The number of rotatable bonds is 3. The van der Waals surface area contributed by atoms with Crippen LogP contribution >= 0.6 is 23.4 Å². The van der Waals surface area contributed by atoms with Crippen LogP contribution in [0.15, 0.2) is 52.2 Å². The number of hydrogen-bond donors (Lipinski definition) is 4. The molecule has 1 aliphatic rings. The van der Waals surface area contributed by atoms with Crippen LogP contribution in [-0.4, -0.2) is 33.2 Å². The molecule has 1 aliphatic heterocycles. The second-order valence-electron chi connectivity index (χ2n) is 6.39. The highest BCUT2D eigenvalue weighted by Crippen LogP contribution is 2.38. The van der Waals surface area contributed by atoms with Gasteiger partial charge in [-0.2, -0.15) is 5.10 Å². The van der Waals surface area contributed by atoms with Gasteiger partial charge in [0.05, 0.1) is 16.3 Å². The lowest BCUT2D eigenvalue weighted by molar-refractivity contribution is -0.124. The molecular formula is C19H14ClN5O4S. The maximum atomic E-state index is 12.4. The van der Waals surface area contributed by atoms with Crippen molar-refractivity contribution in [2.45, 2.75) is 16.6 Å². The fourth-order valence-electron chi connectivity index (χ4n) is 2.95. The molecule has 30 heavy (non-hydrogen) atoms. The molecule has 4 N–H and O–H groups in total. The molecule has 0 bridgehead atoms. The second kappa shape index (κ2) is 8.17. The highest BCUT2D eigenvalue weighted by atomic mass is 35.5. The second-order valence-corrected chi connectivity index (χ2v) is 8.07. The fourth-order valence-corrected chi connectivity index (χ4v) is 4.21. The summed E-state index contributed by atoms with van der Waals surface area (Å²) in [5.41, 5.74) is 4.67. The molecule has 1 unspecified atom stereocenters. The van der Waals surface area contributed by atoms with Crippen LogP contribution in [0.1, 0.15) is 16.9 Å². The van der Waals surface area contributed by atoms with E-state index in [0.29, 0.717) is 21.5 Å². The van der Waals surface area contributed by atoms with Gasteiger partial charge in [-0.25, -0.2) is 5.10 Å². The number of aromatic nitrogens is 2. The Morgan fingerprint density at radius 1 is 1.10 bits per heavy atom. The first-order chi connectivity index (χ1) is 14.4. The number of amides is 3. The Morgan fingerprint density at radius 3 is 2.67 bits per heavy atom. The first kappa shape index (κ1) is 19.9. The van der Waals surface area contributed by atoms with Crippen molar-refractivity contribution in [3.63, 3.8) is 0 Å². The highest BCUT2D eigenvalue weighted by Gasteiger charge is 2.29. The van der Waals surface area contributed by atoms with Gasteiger partial charge in [0.1, 0.15) is 0 Å². The summed E-state index contributed by atoms with van der Waals surface area (Å²) in [4.78, 5) is 49.5. The van der Waals surface area contributed by atoms with Crippen molar-refractivity contribution in [1.29, 1.82) is 0 Å². The van der Waals surface area contributed by atoms with E-state index in [-0.39, 0.29) is 18.0 Å². The summed E-state index contributed by atoms with van der Waals surface area (Å²) in [6, 6.07) is 11.6. The molecule has 4 rings (SSSR count). The Hall–Kier alpha value is -3.37. The third kappa shape index (κ3) is 4.00. The molecule has 0 fully saturated rings. The van der Waals surface area contributed by atoms with Crippen LogP contribution in [0.3, 0.4) is 0 Å². The number of thioether (sulfide) groups is 1. The molecule has 0 saturated carbocycles. The predicted octanol–water partition coefficient (Wildman–Crippen LogP) is 1.84. The first-order valence-corrected chi connectivity index (χ1v) is 10.0. The maximum Gasteiger partial charge on any atom is 0.290 e. The van der Waals surface area contributed by atoms with Crippen LogP contribution in [0.4, 0.5) is 5.69 Å². The largest absolute Gasteiger partial charge is 0.324 e. The Labute approximate surface area is 178 Å². The number of fused-ring (bicyclic) bond motifs is 2. The van der Waals surface area contributed by atoms with Crippen molar-refractivity contribution in [3.8, 4) is 0 Å². The summed E-state index contributed by atoms with van der Waals surface area (Å²) < 4.78 is 0. The van der Waals surface area contributed by atoms with Crippen molar-refractivity contribution < 1.29 is 14.4 Å². The fraction of sp³-hybridized carbons (Fsp3) is 0.105. The van der Waals surface area contributed by atoms with Gasteiger partial charge < -0.3 is 5.32 Å². The number of hydrogen-bond acceptors (Lipinski definition) is 6. The summed E-state index contributed by atoms with van der Waals surface area (Å²) in [6.07, 6.45) is -0.154. The van der Waals surface area contributed by atoms with Gasteiger partial charge >= 0.3 is 0 Å². The molecule has 0 aliphatic carbocycles. The van der Waals surface area contributed by atoms with Crippen molar-refractivity contribution >= 4 is 57.5 Å². The van der Waals surface area contributed by atoms with Gasteiger partial charge in [0.2, 0.25) is 11.8 Å². The molecule has 2 heterocycles. The monoisotopic (exact) mass is 443 g/mol. The molecule has 9 nitrogen and oxygen atoms in total. The lowest BCUT2D eigenvalue weighted by atomic mass is 10.1. The minimum absolute atomic E-state index is 0.0407. The molecule has 2 aromatic carbocycles. The van der Waals surface area contributed by atoms with E-state index < -0.39 is 22.6 Å². The number of carbonyl (C=O) groups excluding carboxylic acids is 3. The summed E-state index contributed by atoms with van der Waals surface area (Å²) in [6.45, 7) is 0. The number of halogens is 1. The lowest BCUT2D eigenvalue weighted by Crippen LogP contribution is -2.44. The zero-order chi connectivity index (χ0) is 21.3. The van der Waals surface area contributed by atoms with Crippen LogP contribution in [0.2, 0.25) is 5.02 Å². The average molecular weight is 444 g/mol. The SMILES string of the molecule is O=C(CC1Sc2ccc(Cl)cc2NC1=O)NNC(=O)c1n[nH]c(=O)c2ccccc12. The summed E-state index contributed by atoms with van der Waals surface area (Å²) in [7, 11) is 0. The van der Waals surface area contributed by atoms with Gasteiger partial charge in [-0.3, -0.25) is 30.0 Å². The number of nitrogens with one attached hydrogen (secondary N) is 4. The Kier molecular flexibility index (Phi) is 5.42. The van der Waals surface area contributed by atoms with E-state index in [2.05, 4.69) is 26.4 Å². The van der Waals surface area contributed by atoms with Crippen LogP contribution in [0.5, 0.6) is 0 Å². The zero-order valence-corrected chi connectivity index (χ0v) is 16.8. The molecule has 152 valence electrons. The van der Waals surface area contributed by atoms with E-state index in [4.69, 9.17) is 11.6 Å². The van der Waals surface area contributed by atoms with Gasteiger partial charge in [0.15, 0.2) is 5.69 Å². The Bertz CT molecular complexity index is 1250. The molecule has 3 amide bonds. The molecule has 1 atom stereocenters. The molecule has 3 aromatic rings. The van der Waals surface area contributed by atoms with E-state index >= 15 is 0 Å². The predicted molar refractivity (Wildman–Crippen MR) is 112 cm³/mol. The number of aromatic amines is 1. The van der Waals surface area contributed by atoms with Crippen LogP contribution < -0.4 is 21.7 Å². The van der Waals surface area contributed by atoms with E-state index in [1.54, 1.807) is 42.5 Å². The van der Waals surface area contributed by atoms with E-state index in [9.17, 15) is 19.2 Å². The van der Waals surface area contributed by atoms with Gasteiger partial charge in [0.25, 0.3) is 11.5 Å². The zero-order valence-electron chi connectivity index (χ0n) is 15.2. The van der Waals surface area contributed by atoms with Crippen LogP contribution in [0, 0.1) is 0 Å². The quantitative estimate of drug-likeness (QED) is 0.456. The average Bonchev–Trinajstić information content (AvgIpc) is 2.73. The minimum Gasteiger partial charge on any atom is -0.324 e. The van der Waals surface area contributed by atoms with Crippen molar-refractivity contribution in [1.82, 2.24) is 21.0 Å². The molecule has 0 spiro atoms. The van der Waals surface area contributed by atoms with Crippen molar-refractivity contribution in [2.75, 3.05) is 5.32 Å². The number of H-pyrrole nitrogens is 1. The van der Waals surface area contributed by atoms with Gasteiger partial charge in [-0.05, 0) is 24.3 Å². The van der Waals surface area contributed by atoms with E-state index in [0.717, 1.165) is 4.90 Å². The topological polar surface area (TPSA) is 133 Å². The number of benzene rings is 2. The third-order valence-electron chi connectivity index (χ3n) is 4.36. The third-order valence-corrected chi connectivity index (χ3v) is 5.87.